The summed E-state index contributed by atoms with van der Waals surface area (Å²) in [5.74, 6) is -3.08. The van der Waals surface area contributed by atoms with Crippen molar-refractivity contribution in [1.29, 1.82) is 0 Å². The van der Waals surface area contributed by atoms with Crippen LogP contribution >= 0.6 is 11.6 Å². The predicted molar refractivity (Wildman–Crippen MR) is 135 cm³/mol. The monoisotopic (exact) mass is 501 g/mol. The topological polar surface area (TPSA) is 80.8 Å². The van der Waals surface area contributed by atoms with Gasteiger partial charge in [-0.2, -0.15) is 0 Å². The molecule has 2 aliphatic heterocycles. The van der Waals surface area contributed by atoms with Crippen LogP contribution in [0.4, 0.5) is 5.69 Å². The average Bonchev–Trinajstić information content (AvgIpc) is 3.12. The number of esters is 1. The standard InChI is InChI=1S/C29H24ClNO5/c1-31-24-10-6-5-9-22(24)29(28(31)35)20(15-25(32)19-11-13-21(30)14-12-19)17-36-27(34)23(29)16-26(33)18-7-3-2-4-8-18/h2-14,20,23H,15-17H2,1H3/t20-,23-,29-/m0/s1. The number of ketones is 2. The van der Waals surface area contributed by atoms with Gasteiger partial charge in [-0.3, -0.25) is 19.2 Å². The maximum atomic E-state index is 14.1. The van der Waals surface area contributed by atoms with Crippen LogP contribution in [0.15, 0.2) is 78.9 Å². The van der Waals surface area contributed by atoms with E-state index in [1.54, 1.807) is 67.7 Å². The van der Waals surface area contributed by atoms with Crippen LogP contribution in [-0.4, -0.2) is 37.1 Å². The van der Waals surface area contributed by atoms with Crippen LogP contribution in [0, 0.1) is 11.8 Å². The van der Waals surface area contributed by atoms with Crippen LogP contribution in [0.5, 0.6) is 0 Å². The molecule has 3 aromatic rings. The third-order valence-corrected chi connectivity index (χ3v) is 7.61. The van der Waals surface area contributed by atoms with Crippen LogP contribution in [0.3, 0.4) is 0 Å². The Hall–Kier alpha value is -3.77. The van der Waals surface area contributed by atoms with Crippen molar-refractivity contribution >= 4 is 40.7 Å². The first kappa shape index (κ1) is 23.9. The normalized spacial score (nSPS) is 22.9. The summed E-state index contributed by atoms with van der Waals surface area (Å²) in [5.41, 5.74) is 0.822. The molecule has 0 aromatic heterocycles. The van der Waals surface area contributed by atoms with Crippen molar-refractivity contribution in [3.05, 3.63) is 101 Å². The van der Waals surface area contributed by atoms with Crippen LogP contribution < -0.4 is 4.90 Å². The van der Waals surface area contributed by atoms with E-state index < -0.39 is 23.2 Å². The molecule has 3 aromatic carbocycles. The van der Waals surface area contributed by atoms with Crippen LogP contribution in [0.2, 0.25) is 5.02 Å². The lowest BCUT2D eigenvalue weighted by atomic mass is 9.59. The van der Waals surface area contributed by atoms with E-state index in [2.05, 4.69) is 0 Å². The van der Waals surface area contributed by atoms with Crippen molar-refractivity contribution in [2.24, 2.45) is 11.8 Å². The van der Waals surface area contributed by atoms with Crippen LogP contribution in [-0.2, 0) is 19.7 Å². The zero-order valence-corrected chi connectivity index (χ0v) is 20.4. The highest BCUT2D eigenvalue weighted by atomic mass is 35.5. The lowest BCUT2D eigenvalue weighted by Crippen LogP contribution is -2.58. The number of anilines is 1. The summed E-state index contributed by atoms with van der Waals surface area (Å²) in [5, 5.41) is 0.510. The molecule has 5 rings (SSSR count). The Labute approximate surface area is 213 Å². The van der Waals surface area contributed by atoms with Gasteiger partial charge in [0.25, 0.3) is 0 Å². The van der Waals surface area contributed by atoms with Crippen molar-refractivity contribution < 1.29 is 23.9 Å². The number of carbonyl (C=O) groups is 4. The number of likely N-dealkylation sites (N-methyl/N-ethyl adjacent to an activating group) is 1. The van der Waals surface area contributed by atoms with Gasteiger partial charge in [0.15, 0.2) is 11.6 Å². The second kappa shape index (κ2) is 9.36. The fourth-order valence-electron chi connectivity index (χ4n) is 5.60. The number of cyclic esters (lactones) is 1. The molecule has 0 N–H and O–H groups in total. The molecule has 6 nitrogen and oxygen atoms in total. The molecule has 1 fully saturated rings. The number of nitrogens with zero attached hydrogens (tertiary/aromatic N) is 1. The number of fused-ring (bicyclic) bond motifs is 2. The Balaban J connectivity index is 1.60. The van der Waals surface area contributed by atoms with E-state index >= 15 is 0 Å². The third kappa shape index (κ3) is 3.82. The Morgan fingerprint density at radius 3 is 2.22 bits per heavy atom. The van der Waals surface area contributed by atoms with E-state index in [9.17, 15) is 19.2 Å². The summed E-state index contributed by atoms with van der Waals surface area (Å²) in [7, 11) is 1.66. The van der Waals surface area contributed by atoms with E-state index in [-0.39, 0.29) is 36.9 Å². The predicted octanol–water partition coefficient (Wildman–Crippen LogP) is 4.89. The maximum absolute atomic E-state index is 14.1. The lowest BCUT2D eigenvalue weighted by Gasteiger charge is -2.44. The summed E-state index contributed by atoms with van der Waals surface area (Å²) < 4.78 is 5.55. The number of halogens is 1. The Bertz CT molecular complexity index is 1350. The first-order valence-corrected chi connectivity index (χ1v) is 12.1. The lowest BCUT2D eigenvalue weighted by molar-refractivity contribution is -0.167. The summed E-state index contributed by atoms with van der Waals surface area (Å²) in [6.45, 7) is -0.0951. The third-order valence-electron chi connectivity index (χ3n) is 7.36. The van der Waals surface area contributed by atoms with Gasteiger partial charge in [-0.05, 0) is 35.9 Å². The molecule has 0 aliphatic carbocycles. The molecule has 182 valence electrons. The zero-order chi connectivity index (χ0) is 25.4. The maximum Gasteiger partial charge on any atom is 0.310 e. The minimum absolute atomic E-state index is 0.0289. The molecule has 36 heavy (non-hydrogen) atoms. The minimum Gasteiger partial charge on any atom is -0.465 e. The summed E-state index contributed by atoms with van der Waals surface area (Å²) in [6, 6.07) is 22.5. The highest BCUT2D eigenvalue weighted by molar-refractivity contribution is 6.30. The molecule has 1 saturated heterocycles. The van der Waals surface area contributed by atoms with Crippen LogP contribution in [0.1, 0.15) is 39.1 Å². The smallest absolute Gasteiger partial charge is 0.310 e. The van der Waals surface area contributed by atoms with Crippen molar-refractivity contribution in [3.63, 3.8) is 0 Å². The highest BCUT2D eigenvalue weighted by Gasteiger charge is 2.64. The SMILES string of the molecule is CN1C(=O)[C@]2(c3ccccc31)[C@@H](CC(=O)c1ccc(Cl)cc1)COC(=O)[C@@H]2CC(=O)c1ccccc1. The van der Waals surface area contributed by atoms with Gasteiger partial charge in [0.2, 0.25) is 5.91 Å². The number of rotatable bonds is 6. The van der Waals surface area contributed by atoms with E-state index in [0.717, 1.165) is 0 Å². The Morgan fingerprint density at radius 2 is 1.50 bits per heavy atom. The number of carbonyl (C=O) groups excluding carboxylic acids is 4. The number of amides is 1. The summed E-state index contributed by atoms with van der Waals surface area (Å²) in [6.07, 6.45) is -0.235. The summed E-state index contributed by atoms with van der Waals surface area (Å²) in [4.78, 5) is 55.5. The van der Waals surface area contributed by atoms with Crippen LogP contribution in [0.25, 0.3) is 0 Å². The molecule has 7 heteroatoms. The molecule has 0 radical (unpaired) electrons. The summed E-state index contributed by atoms with van der Waals surface area (Å²) >= 11 is 5.98. The van der Waals surface area contributed by atoms with Gasteiger partial charge in [0, 0.05) is 47.6 Å². The molecular formula is C29H24ClNO5. The highest BCUT2D eigenvalue weighted by Crippen LogP contribution is 2.54. The van der Waals surface area contributed by atoms with E-state index in [1.165, 1.54) is 4.90 Å². The van der Waals surface area contributed by atoms with Gasteiger partial charge in [0.05, 0.1) is 17.9 Å². The van der Waals surface area contributed by atoms with Crippen molar-refractivity contribution in [3.8, 4) is 0 Å². The van der Waals surface area contributed by atoms with Gasteiger partial charge in [-0.15, -0.1) is 0 Å². The van der Waals surface area contributed by atoms with E-state index in [1.807, 2.05) is 18.2 Å². The fraction of sp³-hybridized carbons (Fsp3) is 0.241. The molecular weight excluding hydrogens is 478 g/mol. The zero-order valence-electron chi connectivity index (χ0n) is 19.6. The number of benzene rings is 3. The van der Waals surface area contributed by atoms with Gasteiger partial charge in [0.1, 0.15) is 0 Å². The first-order chi connectivity index (χ1) is 17.3. The molecule has 3 atom stereocenters. The second-order valence-electron chi connectivity index (χ2n) is 9.26. The Kier molecular flexibility index (Phi) is 6.22. The quantitative estimate of drug-likeness (QED) is 0.355. The number of hydrogen-bond donors (Lipinski definition) is 0. The number of hydrogen-bond acceptors (Lipinski definition) is 5. The van der Waals surface area contributed by atoms with E-state index in [0.29, 0.717) is 27.4 Å². The van der Waals surface area contributed by atoms with Gasteiger partial charge in [-0.1, -0.05) is 60.1 Å². The van der Waals surface area contributed by atoms with Gasteiger partial charge >= 0.3 is 5.97 Å². The molecule has 2 heterocycles. The van der Waals surface area contributed by atoms with E-state index in [4.69, 9.17) is 16.3 Å². The number of ether oxygens (including phenoxy) is 1. The van der Waals surface area contributed by atoms with Crippen molar-refractivity contribution in [2.45, 2.75) is 18.3 Å². The van der Waals surface area contributed by atoms with Crippen molar-refractivity contribution in [1.82, 2.24) is 0 Å². The van der Waals surface area contributed by atoms with Gasteiger partial charge in [-0.25, -0.2) is 0 Å². The van der Waals surface area contributed by atoms with Crippen molar-refractivity contribution in [2.75, 3.05) is 18.6 Å². The van der Waals surface area contributed by atoms with Gasteiger partial charge < -0.3 is 9.64 Å². The fourth-order valence-corrected chi connectivity index (χ4v) is 5.73. The Morgan fingerprint density at radius 1 is 0.889 bits per heavy atom. The molecule has 0 saturated carbocycles. The first-order valence-electron chi connectivity index (χ1n) is 11.7. The minimum atomic E-state index is -1.40. The molecule has 0 bridgehead atoms. The number of para-hydroxylation sites is 1. The largest absolute Gasteiger partial charge is 0.465 e. The molecule has 1 amide bonds. The second-order valence-corrected chi connectivity index (χ2v) is 9.69. The molecule has 1 spiro atoms. The average molecular weight is 502 g/mol. The molecule has 0 unspecified atom stereocenters. The molecule has 2 aliphatic rings. The number of Topliss-reactive ketones (excluding diaryl/α,β-unsaturated/α-hetero) is 2.